The minimum absolute atomic E-state index is 0.210. The summed E-state index contributed by atoms with van der Waals surface area (Å²) < 4.78 is 11.0. The molecule has 0 bridgehead atoms. The van der Waals surface area contributed by atoms with Crippen LogP contribution in [-0.4, -0.2) is 48.9 Å². The van der Waals surface area contributed by atoms with Crippen molar-refractivity contribution < 1.29 is 9.47 Å². The molecule has 21 heavy (non-hydrogen) atoms. The van der Waals surface area contributed by atoms with Gasteiger partial charge < -0.3 is 19.7 Å². The molecule has 2 heterocycles. The molecule has 2 atom stereocenters. The van der Waals surface area contributed by atoms with Gasteiger partial charge in [0.1, 0.15) is 18.2 Å². The minimum atomic E-state index is 0.210. The van der Waals surface area contributed by atoms with Gasteiger partial charge in [0.05, 0.1) is 12.2 Å². The van der Waals surface area contributed by atoms with Crippen LogP contribution in [0.2, 0.25) is 0 Å². The molecule has 118 valence electrons. The summed E-state index contributed by atoms with van der Waals surface area (Å²) in [6.07, 6.45) is 1.48. The van der Waals surface area contributed by atoms with Crippen LogP contribution >= 0.6 is 0 Å². The first-order valence-electron chi connectivity index (χ1n) is 7.63. The summed E-state index contributed by atoms with van der Waals surface area (Å²) in [5.41, 5.74) is 0. The van der Waals surface area contributed by atoms with E-state index in [2.05, 4.69) is 41.0 Å². The predicted molar refractivity (Wildman–Crippen MR) is 83.7 cm³/mol. The third-order valence-electron chi connectivity index (χ3n) is 3.33. The number of hydrogen-bond acceptors (Lipinski definition) is 6. The van der Waals surface area contributed by atoms with Gasteiger partial charge in [0, 0.05) is 32.8 Å². The number of nitrogens with zero attached hydrogens (tertiary/aromatic N) is 3. The zero-order chi connectivity index (χ0) is 15.2. The lowest BCUT2D eigenvalue weighted by Gasteiger charge is -2.36. The third kappa shape index (κ3) is 4.54. The molecular formula is C15H26N4O2. The van der Waals surface area contributed by atoms with Crippen LogP contribution in [0, 0.1) is 0 Å². The number of methoxy groups -OCH3 is 1. The molecule has 0 radical (unpaired) electrons. The Morgan fingerprint density at radius 1 is 1.33 bits per heavy atom. The highest BCUT2D eigenvalue weighted by atomic mass is 16.5. The van der Waals surface area contributed by atoms with Crippen molar-refractivity contribution in [3.63, 3.8) is 0 Å². The molecule has 0 aromatic carbocycles. The van der Waals surface area contributed by atoms with E-state index in [9.17, 15) is 0 Å². The van der Waals surface area contributed by atoms with Crippen molar-refractivity contribution in [1.29, 1.82) is 0 Å². The molecule has 1 aliphatic heterocycles. The first kappa shape index (κ1) is 16.0. The summed E-state index contributed by atoms with van der Waals surface area (Å²) in [7, 11) is 1.66. The Morgan fingerprint density at radius 3 is 2.67 bits per heavy atom. The Balaban J connectivity index is 2.21. The lowest BCUT2D eigenvalue weighted by molar-refractivity contribution is -0.00549. The molecule has 0 spiro atoms. The van der Waals surface area contributed by atoms with Crippen LogP contribution in [0.15, 0.2) is 6.07 Å². The van der Waals surface area contributed by atoms with Gasteiger partial charge >= 0.3 is 0 Å². The van der Waals surface area contributed by atoms with E-state index >= 15 is 0 Å². The van der Waals surface area contributed by atoms with Crippen LogP contribution in [-0.2, 0) is 16.1 Å². The highest BCUT2D eigenvalue weighted by Crippen LogP contribution is 2.21. The number of rotatable bonds is 6. The normalized spacial score (nSPS) is 22.4. The SMILES string of the molecule is CCCNc1cc(N2CC(C)OC(C)C2)nc(COC)n1. The second kappa shape index (κ2) is 7.56. The van der Waals surface area contributed by atoms with Crippen molar-refractivity contribution in [2.75, 3.05) is 37.0 Å². The Labute approximate surface area is 126 Å². The third-order valence-corrected chi connectivity index (χ3v) is 3.33. The van der Waals surface area contributed by atoms with Crippen LogP contribution in [0.25, 0.3) is 0 Å². The van der Waals surface area contributed by atoms with Crippen LogP contribution in [0.5, 0.6) is 0 Å². The van der Waals surface area contributed by atoms with E-state index in [1.807, 2.05) is 6.07 Å². The van der Waals surface area contributed by atoms with Gasteiger partial charge in [-0.05, 0) is 20.3 Å². The maximum Gasteiger partial charge on any atom is 0.158 e. The van der Waals surface area contributed by atoms with Gasteiger partial charge in [0.2, 0.25) is 0 Å². The Morgan fingerprint density at radius 2 is 2.05 bits per heavy atom. The van der Waals surface area contributed by atoms with Crippen LogP contribution in [0.4, 0.5) is 11.6 Å². The van der Waals surface area contributed by atoms with E-state index in [0.717, 1.165) is 37.7 Å². The number of ether oxygens (including phenoxy) is 2. The predicted octanol–water partition coefficient (Wildman–Crippen LogP) is 2.06. The Kier molecular flexibility index (Phi) is 5.76. The molecule has 1 N–H and O–H groups in total. The van der Waals surface area contributed by atoms with Crippen molar-refractivity contribution in [2.24, 2.45) is 0 Å². The van der Waals surface area contributed by atoms with Crippen molar-refractivity contribution in [3.8, 4) is 0 Å². The van der Waals surface area contributed by atoms with Gasteiger partial charge in [0.25, 0.3) is 0 Å². The summed E-state index contributed by atoms with van der Waals surface area (Å²) in [5.74, 6) is 2.51. The zero-order valence-corrected chi connectivity index (χ0v) is 13.4. The monoisotopic (exact) mass is 294 g/mol. The van der Waals surface area contributed by atoms with Gasteiger partial charge in [0.15, 0.2) is 5.82 Å². The van der Waals surface area contributed by atoms with Gasteiger partial charge in [-0.1, -0.05) is 6.92 Å². The van der Waals surface area contributed by atoms with Crippen LogP contribution in [0.3, 0.4) is 0 Å². The molecule has 1 aromatic rings. The molecule has 6 heteroatoms. The maximum absolute atomic E-state index is 5.79. The maximum atomic E-state index is 5.79. The lowest BCUT2D eigenvalue weighted by atomic mass is 10.2. The molecule has 1 aromatic heterocycles. The molecule has 2 rings (SSSR count). The average molecular weight is 294 g/mol. The van der Waals surface area contributed by atoms with E-state index in [-0.39, 0.29) is 12.2 Å². The van der Waals surface area contributed by atoms with E-state index in [1.165, 1.54) is 0 Å². The zero-order valence-electron chi connectivity index (χ0n) is 13.4. The second-order valence-electron chi connectivity index (χ2n) is 5.55. The largest absolute Gasteiger partial charge is 0.377 e. The molecule has 1 saturated heterocycles. The topological polar surface area (TPSA) is 59.5 Å². The standard InChI is InChI=1S/C15H26N4O2/c1-5-6-16-13-7-15(18-14(17-13)10-20-4)19-8-11(2)21-12(3)9-19/h7,11-12H,5-6,8-10H2,1-4H3,(H,16,17,18). The van der Waals surface area contributed by atoms with Gasteiger partial charge in [-0.15, -0.1) is 0 Å². The summed E-state index contributed by atoms with van der Waals surface area (Å²) >= 11 is 0. The molecular weight excluding hydrogens is 268 g/mol. The van der Waals surface area contributed by atoms with Gasteiger partial charge in [-0.3, -0.25) is 0 Å². The van der Waals surface area contributed by atoms with Crippen molar-refractivity contribution in [1.82, 2.24) is 9.97 Å². The van der Waals surface area contributed by atoms with Crippen molar-refractivity contribution >= 4 is 11.6 Å². The average Bonchev–Trinajstić information content (AvgIpc) is 2.44. The van der Waals surface area contributed by atoms with Crippen molar-refractivity contribution in [3.05, 3.63) is 11.9 Å². The van der Waals surface area contributed by atoms with E-state index in [0.29, 0.717) is 12.4 Å². The molecule has 6 nitrogen and oxygen atoms in total. The molecule has 2 unspecified atom stereocenters. The Bertz CT molecular complexity index is 445. The van der Waals surface area contributed by atoms with E-state index < -0.39 is 0 Å². The Hall–Kier alpha value is -1.40. The smallest absolute Gasteiger partial charge is 0.158 e. The molecule has 1 aliphatic rings. The van der Waals surface area contributed by atoms with Gasteiger partial charge in [-0.2, -0.15) is 0 Å². The van der Waals surface area contributed by atoms with Crippen LogP contribution in [0.1, 0.15) is 33.0 Å². The quantitative estimate of drug-likeness (QED) is 0.866. The fourth-order valence-corrected chi connectivity index (χ4v) is 2.55. The summed E-state index contributed by atoms with van der Waals surface area (Å²) in [6.45, 7) is 9.34. The lowest BCUT2D eigenvalue weighted by Crippen LogP contribution is -2.46. The van der Waals surface area contributed by atoms with Crippen molar-refractivity contribution in [2.45, 2.75) is 46.0 Å². The highest BCUT2D eigenvalue weighted by Gasteiger charge is 2.24. The second-order valence-corrected chi connectivity index (χ2v) is 5.55. The molecule has 0 saturated carbocycles. The first-order chi connectivity index (χ1) is 10.1. The van der Waals surface area contributed by atoms with E-state index in [1.54, 1.807) is 7.11 Å². The number of morpholine rings is 1. The number of hydrogen-bond donors (Lipinski definition) is 1. The first-order valence-corrected chi connectivity index (χ1v) is 7.63. The summed E-state index contributed by atoms with van der Waals surface area (Å²) in [4.78, 5) is 11.4. The summed E-state index contributed by atoms with van der Waals surface area (Å²) in [5, 5.41) is 3.33. The molecule has 1 fully saturated rings. The van der Waals surface area contributed by atoms with Crippen LogP contribution < -0.4 is 10.2 Å². The fourth-order valence-electron chi connectivity index (χ4n) is 2.55. The number of aromatic nitrogens is 2. The number of anilines is 2. The molecule has 0 amide bonds. The highest BCUT2D eigenvalue weighted by molar-refractivity contribution is 5.50. The number of nitrogens with one attached hydrogen (secondary N) is 1. The van der Waals surface area contributed by atoms with Gasteiger partial charge in [-0.25, -0.2) is 9.97 Å². The van der Waals surface area contributed by atoms with E-state index in [4.69, 9.17) is 9.47 Å². The summed E-state index contributed by atoms with van der Waals surface area (Å²) in [6, 6.07) is 2.01. The fraction of sp³-hybridized carbons (Fsp3) is 0.733. The molecule has 0 aliphatic carbocycles. The minimum Gasteiger partial charge on any atom is -0.377 e.